The Labute approximate surface area is 193 Å². The molecule has 0 radical (unpaired) electrons. The topological polar surface area (TPSA) is 136 Å². The van der Waals surface area contributed by atoms with Crippen molar-refractivity contribution in [3.63, 3.8) is 0 Å². The summed E-state index contributed by atoms with van der Waals surface area (Å²) >= 11 is 0. The Kier molecular flexibility index (Phi) is 5.81. The summed E-state index contributed by atoms with van der Waals surface area (Å²) in [5.41, 5.74) is 0.451. The van der Waals surface area contributed by atoms with E-state index < -0.39 is 23.9 Å². The molecular weight excluding hydrogens is 444 g/mol. The van der Waals surface area contributed by atoms with Crippen molar-refractivity contribution in [2.75, 3.05) is 26.4 Å². The molecule has 176 valence electrons. The van der Waals surface area contributed by atoms with E-state index >= 15 is 0 Å². The van der Waals surface area contributed by atoms with Crippen molar-refractivity contribution in [3.8, 4) is 34.1 Å². The average Bonchev–Trinajstić information content (AvgIpc) is 3.38. The number of fused-ring (bicyclic) bond motifs is 2. The first kappa shape index (κ1) is 21.8. The first-order valence-corrected chi connectivity index (χ1v) is 10.9. The minimum atomic E-state index is -0.617. The smallest absolute Gasteiger partial charge is 0.264 e. The molecular formula is C24H22N2O8. The molecule has 2 aliphatic rings. The normalized spacial score (nSPS) is 16.9. The van der Waals surface area contributed by atoms with Crippen molar-refractivity contribution in [3.05, 3.63) is 46.8 Å². The fourth-order valence-electron chi connectivity index (χ4n) is 4.02. The Morgan fingerprint density at radius 3 is 2.76 bits per heavy atom. The molecule has 10 nitrogen and oxygen atoms in total. The van der Waals surface area contributed by atoms with E-state index in [1.807, 2.05) is 0 Å². The summed E-state index contributed by atoms with van der Waals surface area (Å²) in [6.45, 7) is 1.16. The van der Waals surface area contributed by atoms with E-state index in [-0.39, 0.29) is 34.1 Å². The van der Waals surface area contributed by atoms with Crippen molar-refractivity contribution < 1.29 is 33.3 Å². The molecule has 3 aromatic rings. The van der Waals surface area contributed by atoms with Gasteiger partial charge in [0.25, 0.3) is 5.91 Å². The minimum absolute atomic E-state index is 0.0216. The van der Waals surface area contributed by atoms with Crippen LogP contribution in [0.1, 0.15) is 12.8 Å². The van der Waals surface area contributed by atoms with Gasteiger partial charge >= 0.3 is 0 Å². The van der Waals surface area contributed by atoms with E-state index in [0.29, 0.717) is 36.7 Å². The van der Waals surface area contributed by atoms with Gasteiger partial charge in [0.05, 0.1) is 11.6 Å². The van der Waals surface area contributed by atoms with Gasteiger partial charge in [0.1, 0.15) is 41.9 Å². The molecule has 3 heterocycles. The molecule has 5 rings (SSSR count). The highest BCUT2D eigenvalue weighted by molar-refractivity contribution is 5.98. The largest absolute Gasteiger partial charge is 0.507 e. The number of hydrogen-bond acceptors (Lipinski definition) is 9. The van der Waals surface area contributed by atoms with Gasteiger partial charge in [-0.2, -0.15) is 0 Å². The number of carbonyl (C=O) groups is 2. The SMILES string of the molecule is O=C(COc1cc(O)c2c(=O)c(-c3ccc4c(c3)OCCO4)coc2c1)NC(=O)[C@@H]1CCCN1. The van der Waals surface area contributed by atoms with E-state index in [1.165, 1.54) is 18.4 Å². The predicted octanol–water partition coefficient (Wildman–Crippen LogP) is 1.71. The number of aromatic hydroxyl groups is 1. The van der Waals surface area contributed by atoms with Crippen LogP contribution >= 0.6 is 0 Å². The Balaban J connectivity index is 1.34. The maximum atomic E-state index is 13.1. The van der Waals surface area contributed by atoms with Crippen LogP contribution in [0, 0.1) is 0 Å². The second-order valence-electron chi connectivity index (χ2n) is 8.00. The van der Waals surface area contributed by atoms with E-state index in [1.54, 1.807) is 18.2 Å². The van der Waals surface area contributed by atoms with Gasteiger partial charge in [0.2, 0.25) is 11.3 Å². The quantitative estimate of drug-likeness (QED) is 0.513. The number of phenols is 1. The summed E-state index contributed by atoms with van der Waals surface area (Å²) in [6.07, 6.45) is 2.84. The Morgan fingerprint density at radius 2 is 1.97 bits per heavy atom. The number of rotatable bonds is 5. The van der Waals surface area contributed by atoms with E-state index in [2.05, 4.69) is 10.6 Å². The number of phenolic OH excluding ortho intramolecular Hbond substituents is 1. The molecule has 0 saturated carbocycles. The predicted molar refractivity (Wildman–Crippen MR) is 120 cm³/mol. The molecule has 1 saturated heterocycles. The van der Waals surface area contributed by atoms with Crippen LogP contribution in [-0.2, 0) is 9.59 Å². The number of nitrogens with one attached hydrogen (secondary N) is 2. The van der Waals surface area contributed by atoms with Crippen molar-refractivity contribution in [1.29, 1.82) is 0 Å². The molecule has 0 aliphatic carbocycles. The Bertz CT molecular complexity index is 1330. The molecule has 1 aromatic heterocycles. The first-order chi connectivity index (χ1) is 16.5. The standard InChI is InChI=1S/C24H22N2O8/c27-17-9-14(33-12-21(28)26-24(30)16-2-1-5-25-16)10-20-22(17)23(29)15(11-34-20)13-3-4-18-19(8-13)32-7-6-31-18/h3-4,8-11,16,25,27H,1-2,5-7,12H2,(H,26,28,30)/t16-/m0/s1. The van der Waals surface area contributed by atoms with Crippen molar-refractivity contribution >= 4 is 22.8 Å². The lowest BCUT2D eigenvalue weighted by Crippen LogP contribution is -2.44. The maximum Gasteiger partial charge on any atom is 0.264 e. The number of amides is 2. The molecule has 2 amide bonds. The summed E-state index contributed by atoms with van der Waals surface area (Å²) in [6, 6.07) is 7.34. The van der Waals surface area contributed by atoms with Crippen LogP contribution in [0.3, 0.4) is 0 Å². The van der Waals surface area contributed by atoms with Gasteiger partial charge in [-0.1, -0.05) is 6.07 Å². The van der Waals surface area contributed by atoms with Crippen LogP contribution in [0.5, 0.6) is 23.0 Å². The van der Waals surface area contributed by atoms with Gasteiger partial charge in [-0.05, 0) is 37.1 Å². The summed E-state index contributed by atoms with van der Waals surface area (Å²) in [5.74, 6) is -0.139. The monoisotopic (exact) mass is 466 g/mol. The highest BCUT2D eigenvalue weighted by Gasteiger charge is 2.24. The molecule has 1 fully saturated rings. The first-order valence-electron chi connectivity index (χ1n) is 10.9. The van der Waals surface area contributed by atoms with Gasteiger partial charge in [-0.15, -0.1) is 0 Å². The van der Waals surface area contributed by atoms with Crippen LogP contribution in [0.2, 0.25) is 0 Å². The summed E-state index contributed by atoms with van der Waals surface area (Å²) in [7, 11) is 0. The number of carbonyl (C=O) groups excluding carboxylic acids is 2. The summed E-state index contributed by atoms with van der Waals surface area (Å²) in [5, 5.41) is 15.8. The van der Waals surface area contributed by atoms with Crippen LogP contribution < -0.4 is 30.3 Å². The van der Waals surface area contributed by atoms with E-state index in [0.717, 1.165) is 13.0 Å². The fraction of sp³-hybridized carbons (Fsp3) is 0.292. The lowest BCUT2D eigenvalue weighted by molar-refractivity contribution is -0.132. The van der Waals surface area contributed by atoms with E-state index in [9.17, 15) is 19.5 Å². The Morgan fingerprint density at radius 1 is 1.15 bits per heavy atom. The molecule has 2 aromatic carbocycles. The summed E-state index contributed by atoms with van der Waals surface area (Å²) < 4.78 is 22.1. The zero-order valence-corrected chi connectivity index (χ0v) is 18.1. The van der Waals surface area contributed by atoms with Crippen molar-refractivity contribution in [2.24, 2.45) is 0 Å². The molecule has 1 atom stereocenters. The van der Waals surface area contributed by atoms with Crippen LogP contribution in [-0.4, -0.2) is 49.3 Å². The molecule has 0 unspecified atom stereocenters. The third-order valence-electron chi connectivity index (χ3n) is 5.69. The van der Waals surface area contributed by atoms with Crippen molar-refractivity contribution in [1.82, 2.24) is 10.6 Å². The zero-order chi connectivity index (χ0) is 23.7. The van der Waals surface area contributed by atoms with Gasteiger partial charge in [0, 0.05) is 12.1 Å². The lowest BCUT2D eigenvalue weighted by Gasteiger charge is -2.18. The van der Waals surface area contributed by atoms with E-state index in [4.69, 9.17) is 18.6 Å². The third-order valence-corrected chi connectivity index (χ3v) is 5.69. The lowest BCUT2D eigenvalue weighted by atomic mass is 10.0. The highest BCUT2D eigenvalue weighted by atomic mass is 16.6. The number of benzene rings is 2. The van der Waals surface area contributed by atoms with Crippen LogP contribution in [0.4, 0.5) is 0 Å². The molecule has 34 heavy (non-hydrogen) atoms. The van der Waals surface area contributed by atoms with Gasteiger partial charge in [0.15, 0.2) is 18.1 Å². The minimum Gasteiger partial charge on any atom is -0.507 e. The molecule has 10 heteroatoms. The molecule has 0 spiro atoms. The molecule has 3 N–H and O–H groups in total. The molecule has 0 bridgehead atoms. The third kappa shape index (κ3) is 4.27. The van der Waals surface area contributed by atoms with Crippen molar-refractivity contribution in [2.45, 2.75) is 18.9 Å². The second kappa shape index (κ2) is 9.06. The number of imide groups is 1. The second-order valence-corrected chi connectivity index (χ2v) is 8.00. The van der Waals surface area contributed by atoms with Gasteiger partial charge < -0.3 is 29.1 Å². The zero-order valence-electron chi connectivity index (χ0n) is 18.1. The maximum absolute atomic E-state index is 13.1. The Hall–Kier alpha value is -4.05. The van der Waals surface area contributed by atoms with Gasteiger partial charge in [-0.3, -0.25) is 19.7 Å². The molecule has 2 aliphatic heterocycles. The number of hydrogen-bond donors (Lipinski definition) is 3. The summed E-state index contributed by atoms with van der Waals surface area (Å²) in [4.78, 5) is 37.2. The van der Waals surface area contributed by atoms with Crippen LogP contribution in [0.15, 0.2) is 45.8 Å². The highest BCUT2D eigenvalue weighted by Crippen LogP contribution is 2.35. The average molecular weight is 466 g/mol. The van der Waals surface area contributed by atoms with Crippen LogP contribution in [0.25, 0.3) is 22.1 Å². The number of ether oxygens (including phenoxy) is 3. The fourth-order valence-corrected chi connectivity index (χ4v) is 4.02. The van der Waals surface area contributed by atoms with Gasteiger partial charge in [-0.25, -0.2) is 0 Å².